The molecule has 0 amide bonds. The van der Waals surface area contributed by atoms with Crippen LogP contribution in [0.25, 0.3) is 11.1 Å². The molecule has 0 aliphatic heterocycles. The highest BCUT2D eigenvalue weighted by Crippen LogP contribution is 2.62. The summed E-state index contributed by atoms with van der Waals surface area (Å²) in [7, 11) is 0. The Morgan fingerprint density at radius 2 is 1.64 bits per heavy atom. The van der Waals surface area contributed by atoms with Crippen molar-refractivity contribution in [2.24, 2.45) is 23.7 Å². The summed E-state index contributed by atoms with van der Waals surface area (Å²) in [6, 6.07) is 13.4. The van der Waals surface area contributed by atoms with Crippen LogP contribution in [-0.4, -0.2) is 5.78 Å². The molecule has 3 heteroatoms. The van der Waals surface area contributed by atoms with E-state index < -0.39 is 0 Å². The van der Waals surface area contributed by atoms with Gasteiger partial charge in [-0.1, -0.05) is 30.3 Å². The number of Topliss-reactive ketones (excluding diaryl/α,β-unsaturated/α-hetero) is 1. The molecule has 1 aromatic carbocycles. The summed E-state index contributed by atoms with van der Waals surface area (Å²) in [6.45, 7) is 1.79. The van der Waals surface area contributed by atoms with E-state index in [0.29, 0.717) is 17.6 Å². The summed E-state index contributed by atoms with van der Waals surface area (Å²) < 4.78 is 5.16. The first-order chi connectivity index (χ1) is 12.1. The number of benzene rings is 1. The van der Waals surface area contributed by atoms with Crippen molar-refractivity contribution in [3.63, 3.8) is 0 Å². The molecular formula is C22H20O3. The Labute approximate surface area is 146 Å². The average Bonchev–Trinajstić information content (AvgIpc) is 3.27. The molecule has 4 atom stereocenters. The molecule has 2 fully saturated rings. The van der Waals surface area contributed by atoms with Crippen LogP contribution in [0.3, 0.4) is 0 Å². The summed E-state index contributed by atoms with van der Waals surface area (Å²) in [6.07, 6.45) is 3.53. The predicted molar refractivity (Wildman–Crippen MR) is 95.8 cm³/mol. The molecule has 5 rings (SSSR count). The molecule has 2 aromatic rings. The van der Waals surface area contributed by atoms with Crippen LogP contribution in [0, 0.1) is 30.6 Å². The van der Waals surface area contributed by atoms with Crippen molar-refractivity contribution in [3.05, 3.63) is 69.8 Å². The zero-order valence-corrected chi connectivity index (χ0v) is 14.2. The average molecular weight is 332 g/mol. The summed E-state index contributed by atoms with van der Waals surface area (Å²) in [5, 5.41) is 0. The molecule has 2 bridgehead atoms. The first kappa shape index (κ1) is 14.9. The first-order valence-electron chi connectivity index (χ1n) is 9.09. The maximum atomic E-state index is 13.4. The van der Waals surface area contributed by atoms with E-state index in [-0.39, 0.29) is 23.2 Å². The number of fused-ring (bicyclic) bond motifs is 5. The Hall–Kier alpha value is -2.42. The highest BCUT2D eigenvalue weighted by atomic mass is 16.4. The van der Waals surface area contributed by atoms with E-state index >= 15 is 0 Å². The second-order valence-electron chi connectivity index (χ2n) is 7.68. The topological polar surface area (TPSA) is 47.3 Å². The third-order valence-electron chi connectivity index (χ3n) is 6.34. The minimum Gasteiger partial charge on any atom is -0.428 e. The molecule has 0 spiro atoms. The van der Waals surface area contributed by atoms with Crippen LogP contribution >= 0.6 is 0 Å². The van der Waals surface area contributed by atoms with Gasteiger partial charge < -0.3 is 4.42 Å². The molecule has 1 heterocycles. The third kappa shape index (κ3) is 2.11. The van der Waals surface area contributed by atoms with E-state index in [1.807, 2.05) is 36.4 Å². The Kier molecular flexibility index (Phi) is 3.15. The van der Waals surface area contributed by atoms with Crippen LogP contribution in [0.1, 0.15) is 36.1 Å². The van der Waals surface area contributed by atoms with Crippen LogP contribution < -0.4 is 5.63 Å². The van der Waals surface area contributed by atoms with Crippen molar-refractivity contribution < 1.29 is 9.21 Å². The number of hydrogen-bond donors (Lipinski definition) is 0. The van der Waals surface area contributed by atoms with E-state index in [1.54, 1.807) is 13.0 Å². The minimum atomic E-state index is -0.339. The lowest BCUT2D eigenvalue weighted by Gasteiger charge is -2.26. The van der Waals surface area contributed by atoms with Crippen molar-refractivity contribution in [3.8, 4) is 0 Å². The normalized spacial score (nSPS) is 30.2. The van der Waals surface area contributed by atoms with Gasteiger partial charge in [0.25, 0.3) is 0 Å². The maximum absolute atomic E-state index is 13.4. The van der Waals surface area contributed by atoms with Crippen molar-refractivity contribution in [1.29, 1.82) is 0 Å². The summed E-state index contributed by atoms with van der Waals surface area (Å²) in [5.41, 5.74) is 3.43. The van der Waals surface area contributed by atoms with Crippen LogP contribution in [0.5, 0.6) is 0 Å². The number of rotatable bonds is 2. The molecule has 0 unspecified atom stereocenters. The molecule has 1 aromatic heterocycles. The fraction of sp³-hybridized carbons (Fsp3) is 0.364. The SMILES string of the molecule is Cc1cc(C2=C(c3ccccc3)C(=O)[C@@H]3[C@H]4CC[C@H](C4)[C@H]23)cc(=O)o1. The van der Waals surface area contributed by atoms with Gasteiger partial charge in [0.15, 0.2) is 5.78 Å². The number of aryl methyl sites for hydroxylation is 1. The molecule has 3 aliphatic rings. The Balaban J connectivity index is 1.78. The van der Waals surface area contributed by atoms with Gasteiger partial charge in [-0.2, -0.15) is 0 Å². The Bertz CT molecular complexity index is 951. The molecule has 3 nitrogen and oxygen atoms in total. The van der Waals surface area contributed by atoms with E-state index in [9.17, 15) is 9.59 Å². The van der Waals surface area contributed by atoms with E-state index in [4.69, 9.17) is 4.42 Å². The van der Waals surface area contributed by atoms with E-state index in [1.165, 1.54) is 12.8 Å². The zero-order chi connectivity index (χ0) is 17.1. The van der Waals surface area contributed by atoms with Crippen molar-refractivity contribution in [1.82, 2.24) is 0 Å². The smallest absolute Gasteiger partial charge is 0.336 e. The van der Waals surface area contributed by atoms with E-state index in [2.05, 4.69) is 0 Å². The van der Waals surface area contributed by atoms with Crippen molar-refractivity contribution in [2.75, 3.05) is 0 Å². The van der Waals surface area contributed by atoms with Gasteiger partial charge in [0, 0.05) is 17.6 Å². The molecule has 3 aliphatic carbocycles. The molecule has 0 N–H and O–H groups in total. The fourth-order valence-corrected chi connectivity index (χ4v) is 5.55. The summed E-state index contributed by atoms with van der Waals surface area (Å²) in [5.74, 6) is 2.34. The monoisotopic (exact) mass is 332 g/mol. The highest BCUT2D eigenvalue weighted by Gasteiger charge is 2.57. The number of hydrogen-bond acceptors (Lipinski definition) is 3. The van der Waals surface area contributed by atoms with Crippen LogP contribution in [0.15, 0.2) is 51.7 Å². The highest BCUT2D eigenvalue weighted by molar-refractivity contribution is 6.32. The number of carbonyl (C=O) groups excluding carboxylic acids is 1. The Morgan fingerprint density at radius 1 is 0.920 bits per heavy atom. The molecular weight excluding hydrogens is 312 g/mol. The Morgan fingerprint density at radius 3 is 2.36 bits per heavy atom. The second-order valence-corrected chi connectivity index (χ2v) is 7.68. The van der Waals surface area contributed by atoms with Crippen molar-refractivity contribution >= 4 is 16.9 Å². The summed E-state index contributed by atoms with van der Waals surface area (Å²) >= 11 is 0. The van der Waals surface area contributed by atoms with Gasteiger partial charge in [0.1, 0.15) is 5.76 Å². The van der Waals surface area contributed by atoms with Gasteiger partial charge in [0.05, 0.1) is 0 Å². The lowest BCUT2D eigenvalue weighted by atomic mass is 9.77. The molecule has 0 radical (unpaired) electrons. The van der Waals surface area contributed by atoms with E-state index in [0.717, 1.165) is 28.7 Å². The fourth-order valence-electron chi connectivity index (χ4n) is 5.55. The van der Waals surface area contributed by atoms with Crippen LogP contribution in [0.2, 0.25) is 0 Å². The first-order valence-corrected chi connectivity index (χ1v) is 9.09. The molecule has 25 heavy (non-hydrogen) atoms. The lowest BCUT2D eigenvalue weighted by molar-refractivity contribution is -0.118. The van der Waals surface area contributed by atoms with Crippen LogP contribution in [0.4, 0.5) is 0 Å². The molecule has 0 saturated heterocycles. The van der Waals surface area contributed by atoms with Gasteiger partial charge in [0.2, 0.25) is 0 Å². The number of ketones is 1. The third-order valence-corrected chi connectivity index (χ3v) is 6.34. The maximum Gasteiger partial charge on any atom is 0.336 e. The number of allylic oxidation sites excluding steroid dienone is 2. The minimum absolute atomic E-state index is 0.108. The predicted octanol–water partition coefficient (Wildman–Crippen LogP) is 4.10. The lowest BCUT2D eigenvalue weighted by Crippen LogP contribution is -2.24. The molecule has 2 saturated carbocycles. The van der Waals surface area contributed by atoms with Gasteiger partial charge in [-0.3, -0.25) is 4.79 Å². The van der Waals surface area contributed by atoms with Gasteiger partial charge in [-0.15, -0.1) is 0 Å². The van der Waals surface area contributed by atoms with Crippen LogP contribution in [-0.2, 0) is 4.79 Å². The standard InChI is InChI=1S/C22H20O3/c1-12-9-16(11-17(23)25-12)19-18-14-7-8-15(10-14)21(18)22(24)20(19)13-5-3-2-4-6-13/h2-6,9,11,14-15,18,21H,7-8,10H2,1H3/t14-,15+,18-,21-/m1/s1. The summed E-state index contributed by atoms with van der Waals surface area (Å²) in [4.78, 5) is 25.3. The quantitative estimate of drug-likeness (QED) is 0.832. The molecule has 126 valence electrons. The van der Waals surface area contributed by atoms with Gasteiger partial charge in [-0.25, -0.2) is 4.79 Å². The van der Waals surface area contributed by atoms with Gasteiger partial charge in [-0.05, 0) is 66.7 Å². The zero-order valence-electron chi connectivity index (χ0n) is 14.2. The van der Waals surface area contributed by atoms with Crippen molar-refractivity contribution in [2.45, 2.75) is 26.2 Å². The van der Waals surface area contributed by atoms with Gasteiger partial charge >= 0.3 is 5.63 Å². The second kappa shape index (κ2) is 5.29. The number of carbonyl (C=O) groups is 1. The largest absolute Gasteiger partial charge is 0.428 e.